The van der Waals surface area contributed by atoms with Crippen LogP contribution in [0.15, 0.2) is 66.3 Å². The zero-order valence-electron chi connectivity index (χ0n) is 19.2. The normalized spacial score (nSPS) is 14.9. The van der Waals surface area contributed by atoms with Crippen molar-refractivity contribution in [3.8, 4) is 16.5 Å². The standard InChI is InChI=1S/C26H28N6OS/c1-19-22(18-29-32(19)26-28-12-9-23(30-26)24-8-5-17-34-24)25(33)27-13-16-31-14-10-21(11-15-31)20-6-3-2-4-7-20/h2-9,12,17-18,21H,10-11,13-16H2,1H3,(H,27,33). The molecule has 4 heterocycles. The van der Waals surface area contributed by atoms with Crippen LogP contribution in [0.2, 0.25) is 0 Å². The summed E-state index contributed by atoms with van der Waals surface area (Å²) >= 11 is 1.63. The van der Waals surface area contributed by atoms with Gasteiger partial charge in [0.25, 0.3) is 11.9 Å². The minimum Gasteiger partial charge on any atom is -0.351 e. The van der Waals surface area contributed by atoms with Crippen LogP contribution in [0.25, 0.3) is 16.5 Å². The van der Waals surface area contributed by atoms with E-state index in [0.29, 0.717) is 24.0 Å². The van der Waals surface area contributed by atoms with Crippen LogP contribution in [0.4, 0.5) is 0 Å². The largest absolute Gasteiger partial charge is 0.351 e. The summed E-state index contributed by atoms with van der Waals surface area (Å²) in [6.45, 7) is 5.46. The highest BCUT2D eigenvalue weighted by Crippen LogP contribution is 2.27. The fourth-order valence-corrected chi connectivity index (χ4v) is 5.18. The molecule has 1 fully saturated rings. The van der Waals surface area contributed by atoms with E-state index < -0.39 is 0 Å². The predicted molar refractivity (Wildman–Crippen MR) is 134 cm³/mol. The Morgan fingerprint density at radius 1 is 1.12 bits per heavy atom. The van der Waals surface area contributed by atoms with Gasteiger partial charge in [-0.1, -0.05) is 36.4 Å². The van der Waals surface area contributed by atoms with Gasteiger partial charge in [0, 0.05) is 19.3 Å². The van der Waals surface area contributed by atoms with Gasteiger partial charge in [-0.15, -0.1) is 11.3 Å². The summed E-state index contributed by atoms with van der Waals surface area (Å²) in [5.41, 5.74) is 3.56. The van der Waals surface area contributed by atoms with E-state index in [0.717, 1.165) is 48.7 Å². The molecule has 174 valence electrons. The van der Waals surface area contributed by atoms with Crippen molar-refractivity contribution >= 4 is 17.2 Å². The zero-order valence-corrected chi connectivity index (χ0v) is 20.0. The molecule has 4 aromatic rings. The summed E-state index contributed by atoms with van der Waals surface area (Å²) in [5.74, 6) is 0.988. The van der Waals surface area contributed by atoms with Gasteiger partial charge in [-0.25, -0.2) is 14.6 Å². The third-order valence-electron chi connectivity index (χ3n) is 6.43. The van der Waals surface area contributed by atoms with Crippen molar-refractivity contribution in [1.29, 1.82) is 0 Å². The molecule has 0 bridgehead atoms. The smallest absolute Gasteiger partial charge is 0.254 e. The van der Waals surface area contributed by atoms with Crippen LogP contribution in [-0.4, -0.2) is 56.7 Å². The number of piperidine rings is 1. The summed E-state index contributed by atoms with van der Waals surface area (Å²) in [5, 5.41) is 9.46. The molecule has 0 unspecified atom stereocenters. The van der Waals surface area contributed by atoms with Gasteiger partial charge in [0.15, 0.2) is 0 Å². The van der Waals surface area contributed by atoms with Gasteiger partial charge in [0.2, 0.25) is 0 Å². The first-order valence-electron chi connectivity index (χ1n) is 11.7. The SMILES string of the molecule is Cc1c(C(=O)NCCN2CCC(c3ccccc3)CC2)cnn1-c1nccc(-c2cccs2)n1. The van der Waals surface area contributed by atoms with E-state index in [-0.39, 0.29) is 5.91 Å². The van der Waals surface area contributed by atoms with Gasteiger partial charge in [0.1, 0.15) is 0 Å². The van der Waals surface area contributed by atoms with Crippen molar-refractivity contribution in [1.82, 2.24) is 30.0 Å². The minimum atomic E-state index is -0.114. The molecule has 1 aromatic carbocycles. The highest BCUT2D eigenvalue weighted by atomic mass is 32.1. The van der Waals surface area contributed by atoms with Crippen molar-refractivity contribution in [3.63, 3.8) is 0 Å². The van der Waals surface area contributed by atoms with Gasteiger partial charge in [-0.2, -0.15) is 5.10 Å². The monoisotopic (exact) mass is 472 g/mol. The van der Waals surface area contributed by atoms with E-state index in [2.05, 4.69) is 55.6 Å². The van der Waals surface area contributed by atoms with Crippen LogP contribution in [-0.2, 0) is 0 Å². The molecular formula is C26H28N6OS. The zero-order chi connectivity index (χ0) is 23.3. The molecule has 5 rings (SSSR count). The molecule has 1 amide bonds. The number of likely N-dealkylation sites (tertiary alicyclic amines) is 1. The number of aromatic nitrogens is 4. The number of hydrogen-bond donors (Lipinski definition) is 1. The van der Waals surface area contributed by atoms with E-state index in [1.807, 2.05) is 30.5 Å². The number of thiophene rings is 1. The van der Waals surface area contributed by atoms with Crippen LogP contribution >= 0.6 is 11.3 Å². The maximum Gasteiger partial charge on any atom is 0.254 e. The average Bonchev–Trinajstić information content (AvgIpc) is 3.55. The molecule has 3 aromatic heterocycles. The molecule has 1 aliphatic rings. The van der Waals surface area contributed by atoms with Gasteiger partial charge in [-0.3, -0.25) is 4.79 Å². The van der Waals surface area contributed by atoms with Crippen molar-refractivity contribution < 1.29 is 4.79 Å². The number of carbonyl (C=O) groups is 1. The van der Waals surface area contributed by atoms with Crippen LogP contribution in [0.5, 0.6) is 0 Å². The number of carbonyl (C=O) groups excluding carboxylic acids is 1. The number of nitrogens with zero attached hydrogens (tertiary/aromatic N) is 5. The Balaban J connectivity index is 1.15. The second kappa shape index (κ2) is 10.3. The summed E-state index contributed by atoms with van der Waals surface area (Å²) in [7, 11) is 0. The number of amides is 1. The molecule has 1 saturated heterocycles. The molecule has 0 aliphatic carbocycles. The van der Waals surface area contributed by atoms with E-state index >= 15 is 0 Å². The topological polar surface area (TPSA) is 75.9 Å². The Bertz CT molecular complexity index is 1230. The van der Waals surface area contributed by atoms with E-state index in [4.69, 9.17) is 0 Å². The highest BCUT2D eigenvalue weighted by Gasteiger charge is 2.21. The molecule has 34 heavy (non-hydrogen) atoms. The molecule has 0 atom stereocenters. The lowest BCUT2D eigenvalue weighted by molar-refractivity contribution is 0.0945. The molecule has 7 nitrogen and oxygen atoms in total. The third kappa shape index (κ3) is 4.93. The molecular weight excluding hydrogens is 444 g/mol. The fourth-order valence-electron chi connectivity index (χ4n) is 4.48. The number of rotatable bonds is 7. The Morgan fingerprint density at radius 2 is 1.94 bits per heavy atom. The Hall–Kier alpha value is -3.36. The molecule has 0 spiro atoms. The second-order valence-corrected chi connectivity index (χ2v) is 9.50. The maximum atomic E-state index is 12.8. The lowest BCUT2D eigenvalue weighted by atomic mass is 9.89. The third-order valence-corrected chi connectivity index (χ3v) is 7.32. The molecule has 0 radical (unpaired) electrons. The fraction of sp³-hybridized carbons (Fsp3) is 0.308. The summed E-state index contributed by atoms with van der Waals surface area (Å²) in [6.07, 6.45) is 5.64. The van der Waals surface area contributed by atoms with E-state index in [1.165, 1.54) is 5.56 Å². The van der Waals surface area contributed by atoms with Crippen LogP contribution in [0.3, 0.4) is 0 Å². The Morgan fingerprint density at radius 3 is 2.71 bits per heavy atom. The quantitative estimate of drug-likeness (QED) is 0.434. The van der Waals surface area contributed by atoms with Crippen LogP contribution < -0.4 is 5.32 Å². The van der Waals surface area contributed by atoms with Gasteiger partial charge < -0.3 is 10.2 Å². The second-order valence-electron chi connectivity index (χ2n) is 8.56. The van der Waals surface area contributed by atoms with Crippen molar-refractivity contribution in [2.75, 3.05) is 26.2 Å². The van der Waals surface area contributed by atoms with Crippen molar-refractivity contribution in [3.05, 3.63) is 83.1 Å². The first kappa shape index (κ1) is 22.4. The lowest BCUT2D eigenvalue weighted by Crippen LogP contribution is -2.39. The molecule has 0 saturated carbocycles. The van der Waals surface area contributed by atoms with Crippen molar-refractivity contribution in [2.45, 2.75) is 25.7 Å². The van der Waals surface area contributed by atoms with Gasteiger partial charge >= 0.3 is 0 Å². The number of nitrogens with one attached hydrogen (secondary N) is 1. The molecule has 8 heteroatoms. The van der Waals surface area contributed by atoms with E-state index in [9.17, 15) is 4.79 Å². The van der Waals surface area contributed by atoms with Gasteiger partial charge in [-0.05, 0) is 61.8 Å². The van der Waals surface area contributed by atoms with Gasteiger partial charge in [0.05, 0.1) is 28.0 Å². The first-order chi connectivity index (χ1) is 16.7. The molecule has 1 aliphatic heterocycles. The minimum absolute atomic E-state index is 0.114. The van der Waals surface area contributed by atoms with Crippen molar-refractivity contribution in [2.24, 2.45) is 0 Å². The van der Waals surface area contributed by atoms with Crippen LogP contribution in [0, 0.1) is 6.92 Å². The Labute approximate surface area is 203 Å². The number of hydrogen-bond acceptors (Lipinski definition) is 6. The predicted octanol–water partition coefficient (Wildman–Crippen LogP) is 4.31. The Kier molecular flexibility index (Phi) is 6.78. The van der Waals surface area contributed by atoms with Crippen LogP contribution in [0.1, 0.15) is 40.4 Å². The van der Waals surface area contributed by atoms with E-state index in [1.54, 1.807) is 28.4 Å². The highest BCUT2D eigenvalue weighted by molar-refractivity contribution is 7.13. The summed E-state index contributed by atoms with van der Waals surface area (Å²) < 4.78 is 1.63. The summed E-state index contributed by atoms with van der Waals surface area (Å²) in [4.78, 5) is 25.3. The average molecular weight is 473 g/mol. The summed E-state index contributed by atoms with van der Waals surface area (Å²) in [6, 6.07) is 16.7. The molecule has 1 N–H and O–H groups in total. The lowest BCUT2D eigenvalue weighted by Gasteiger charge is -2.32. The maximum absolute atomic E-state index is 12.8. The number of benzene rings is 1. The first-order valence-corrected chi connectivity index (χ1v) is 12.5.